The van der Waals surface area contributed by atoms with Crippen molar-refractivity contribution in [2.75, 3.05) is 31.7 Å². The Morgan fingerprint density at radius 3 is 2.36 bits per heavy atom. The van der Waals surface area contributed by atoms with Gasteiger partial charge < -0.3 is 14.4 Å². The molecule has 1 aromatic carbocycles. The van der Waals surface area contributed by atoms with E-state index in [1.165, 1.54) is 11.0 Å². The summed E-state index contributed by atoms with van der Waals surface area (Å²) in [7, 11) is -1.82. The largest absolute Gasteiger partial charge is 0.461 e. The molecule has 0 aromatic heterocycles. The Hall–Kier alpha value is -2.35. The van der Waals surface area contributed by atoms with Gasteiger partial charge in [-0.25, -0.2) is 18.0 Å². The van der Waals surface area contributed by atoms with E-state index in [1.807, 2.05) is 30.3 Å². The maximum atomic E-state index is 12.0. The van der Waals surface area contributed by atoms with Crippen LogP contribution in [0.15, 0.2) is 36.4 Å². The molecule has 0 spiro atoms. The summed E-state index contributed by atoms with van der Waals surface area (Å²) in [4.78, 5) is 24.8. The van der Waals surface area contributed by atoms with Gasteiger partial charge in [-0.3, -0.25) is 0 Å². The van der Waals surface area contributed by atoms with Crippen LogP contribution in [0.4, 0.5) is 4.79 Å². The highest BCUT2D eigenvalue weighted by atomic mass is 32.2. The number of hydrogen-bond donors (Lipinski definition) is 0. The normalized spacial score (nSPS) is 12.0. The number of ether oxygens (including phenoxy) is 2. The number of amides is 1. The zero-order valence-corrected chi connectivity index (χ0v) is 17.7. The lowest BCUT2D eigenvalue weighted by molar-refractivity contribution is -0.137. The van der Waals surface area contributed by atoms with Crippen LogP contribution in [0.1, 0.15) is 32.8 Å². The molecule has 156 valence electrons. The summed E-state index contributed by atoms with van der Waals surface area (Å²) in [6.45, 7) is 5.34. The molecule has 1 amide bonds. The molecule has 0 fully saturated rings. The van der Waals surface area contributed by atoms with Crippen LogP contribution in [0.3, 0.4) is 0 Å². The van der Waals surface area contributed by atoms with Gasteiger partial charge in [0, 0.05) is 19.7 Å². The molecule has 0 N–H and O–H groups in total. The van der Waals surface area contributed by atoms with Crippen LogP contribution in [0.2, 0.25) is 0 Å². The third kappa shape index (κ3) is 10.7. The van der Waals surface area contributed by atoms with Gasteiger partial charge in [-0.15, -0.1) is 0 Å². The molecule has 28 heavy (non-hydrogen) atoms. The van der Waals surface area contributed by atoms with Crippen LogP contribution in [-0.2, 0) is 24.1 Å². The van der Waals surface area contributed by atoms with Gasteiger partial charge in [-0.2, -0.15) is 0 Å². The predicted molar refractivity (Wildman–Crippen MR) is 109 cm³/mol. The number of rotatable bonds is 9. The first-order valence-corrected chi connectivity index (χ1v) is 10.8. The number of carbonyl (C=O) groups is 2. The molecule has 0 bridgehead atoms. The summed E-state index contributed by atoms with van der Waals surface area (Å²) >= 11 is 0. The standard InChI is InChI=1S/C20H29NO6S/c1-20(2,3)27-19(23)21(4)13-8-15-28(24,25)16-14-26-18(22)12-11-17-9-6-5-7-10-17/h5-7,9-12H,8,13-16H2,1-4H3/b12-11+. The monoisotopic (exact) mass is 411 g/mol. The predicted octanol–water partition coefficient (Wildman–Crippen LogP) is 2.91. The van der Waals surface area contributed by atoms with Crippen LogP contribution < -0.4 is 0 Å². The molecule has 0 atom stereocenters. The third-order valence-electron chi connectivity index (χ3n) is 3.50. The minimum atomic E-state index is -3.38. The molecule has 7 nitrogen and oxygen atoms in total. The van der Waals surface area contributed by atoms with Crippen molar-refractivity contribution in [2.24, 2.45) is 0 Å². The maximum absolute atomic E-state index is 12.0. The quantitative estimate of drug-likeness (QED) is 0.458. The van der Waals surface area contributed by atoms with Crippen LogP contribution in [0, 0.1) is 0 Å². The highest BCUT2D eigenvalue weighted by molar-refractivity contribution is 7.91. The van der Waals surface area contributed by atoms with Crippen molar-refractivity contribution in [1.29, 1.82) is 0 Å². The summed E-state index contributed by atoms with van der Waals surface area (Å²) in [6, 6.07) is 9.23. The van der Waals surface area contributed by atoms with Crippen molar-refractivity contribution >= 4 is 28.0 Å². The van der Waals surface area contributed by atoms with Gasteiger partial charge in [0.15, 0.2) is 9.84 Å². The molecule has 8 heteroatoms. The first-order valence-electron chi connectivity index (χ1n) is 9.03. The Labute approximate surface area is 167 Å². The summed E-state index contributed by atoms with van der Waals surface area (Å²) in [5.74, 6) is -0.949. The average molecular weight is 412 g/mol. The number of esters is 1. The van der Waals surface area contributed by atoms with Crippen LogP contribution in [0.5, 0.6) is 0 Å². The summed E-state index contributed by atoms with van der Waals surface area (Å²) in [6.07, 6.45) is 2.64. The molecule has 1 aromatic rings. The maximum Gasteiger partial charge on any atom is 0.410 e. The third-order valence-corrected chi connectivity index (χ3v) is 5.20. The van der Waals surface area contributed by atoms with Crippen molar-refractivity contribution in [3.63, 3.8) is 0 Å². The Morgan fingerprint density at radius 2 is 1.75 bits per heavy atom. The second-order valence-corrected chi connectivity index (χ2v) is 9.62. The van der Waals surface area contributed by atoms with Gasteiger partial charge in [-0.1, -0.05) is 30.3 Å². The van der Waals surface area contributed by atoms with Crippen LogP contribution in [-0.4, -0.2) is 62.7 Å². The fourth-order valence-corrected chi connectivity index (χ4v) is 3.21. The van der Waals surface area contributed by atoms with E-state index in [0.29, 0.717) is 0 Å². The van der Waals surface area contributed by atoms with E-state index in [-0.39, 0.29) is 31.1 Å². The van der Waals surface area contributed by atoms with Crippen molar-refractivity contribution in [3.8, 4) is 0 Å². The minimum Gasteiger partial charge on any atom is -0.461 e. The Bertz CT molecular complexity index is 766. The molecule has 0 aliphatic rings. The van der Waals surface area contributed by atoms with Crippen molar-refractivity contribution in [1.82, 2.24) is 4.90 Å². The zero-order valence-electron chi connectivity index (χ0n) is 16.9. The molecular formula is C20H29NO6S. The van der Waals surface area contributed by atoms with Gasteiger partial charge in [0.25, 0.3) is 0 Å². The second kappa shape index (κ2) is 10.8. The number of nitrogens with zero attached hydrogens (tertiary/aromatic N) is 1. The molecule has 1 rings (SSSR count). The second-order valence-electron chi connectivity index (χ2n) is 7.32. The molecular weight excluding hydrogens is 382 g/mol. The van der Waals surface area contributed by atoms with E-state index in [4.69, 9.17) is 9.47 Å². The Morgan fingerprint density at radius 1 is 1.11 bits per heavy atom. The van der Waals surface area contributed by atoms with Gasteiger partial charge in [0.2, 0.25) is 0 Å². The summed E-state index contributed by atoms with van der Waals surface area (Å²) < 4.78 is 34.2. The zero-order chi connectivity index (χ0) is 21.2. The number of benzene rings is 1. The van der Waals surface area contributed by atoms with Crippen molar-refractivity contribution in [2.45, 2.75) is 32.8 Å². The van der Waals surface area contributed by atoms with Crippen LogP contribution >= 0.6 is 0 Å². The highest BCUT2D eigenvalue weighted by Crippen LogP contribution is 2.09. The molecule has 0 saturated heterocycles. The van der Waals surface area contributed by atoms with E-state index in [9.17, 15) is 18.0 Å². The Balaban J connectivity index is 2.29. The fourth-order valence-electron chi connectivity index (χ4n) is 2.10. The molecule has 0 saturated carbocycles. The number of carbonyl (C=O) groups excluding carboxylic acids is 2. The SMILES string of the molecule is CN(CCCS(=O)(=O)CCOC(=O)/C=C/c1ccccc1)C(=O)OC(C)(C)C. The lowest BCUT2D eigenvalue weighted by Gasteiger charge is -2.24. The lowest BCUT2D eigenvalue weighted by atomic mass is 10.2. The Kier molecular flexibility index (Phi) is 9.18. The van der Waals surface area contributed by atoms with E-state index >= 15 is 0 Å². The average Bonchev–Trinajstić information content (AvgIpc) is 2.59. The lowest BCUT2D eigenvalue weighted by Crippen LogP contribution is -2.35. The minimum absolute atomic E-state index is 0.0997. The molecule has 0 unspecified atom stereocenters. The van der Waals surface area contributed by atoms with Crippen molar-refractivity contribution < 1.29 is 27.5 Å². The van der Waals surface area contributed by atoms with Gasteiger partial charge in [0.1, 0.15) is 12.2 Å². The first kappa shape index (κ1) is 23.7. The molecule has 0 radical (unpaired) electrons. The smallest absolute Gasteiger partial charge is 0.410 e. The van der Waals surface area contributed by atoms with Gasteiger partial charge >= 0.3 is 12.1 Å². The van der Waals surface area contributed by atoms with E-state index in [2.05, 4.69) is 0 Å². The highest BCUT2D eigenvalue weighted by Gasteiger charge is 2.20. The number of sulfone groups is 1. The van der Waals surface area contributed by atoms with E-state index < -0.39 is 27.5 Å². The number of hydrogen-bond acceptors (Lipinski definition) is 6. The summed E-state index contributed by atoms with van der Waals surface area (Å²) in [5, 5.41) is 0. The van der Waals surface area contributed by atoms with Crippen molar-refractivity contribution in [3.05, 3.63) is 42.0 Å². The van der Waals surface area contributed by atoms with E-state index in [0.717, 1.165) is 5.56 Å². The van der Waals surface area contributed by atoms with Gasteiger partial charge in [-0.05, 0) is 38.8 Å². The molecule has 0 aliphatic heterocycles. The van der Waals surface area contributed by atoms with Crippen LogP contribution in [0.25, 0.3) is 6.08 Å². The first-order chi connectivity index (χ1) is 13.0. The fraction of sp³-hybridized carbons (Fsp3) is 0.500. The summed E-state index contributed by atoms with van der Waals surface area (Å²) in [5.41, 5.74) is 0.247. The van der Waals surface area contributed by atoms with Gasteiger partial charge in [0.05, 0.1) is 11.5 Å². The molecule has 0 aliphatic carbocycles. The topological polar surface area (TPSA) is 90.0 Å². The molecule has 0 heterocycles. The van der Waals surface area contributed by atoms with E-state index in [1.54, 1.807) is 33.9 Å².